The number of hydrogen-bond acceptors (Lipinski definition) is 5. The molecule has 3 heterocycles. The lowest BCUT2D eigenvalue weighted by atomic mass is 10.1. The van der Waals surface area contributed by atoms with E-state index < -0.39 is 0 Å². The SMILES string of the molecule is Cc1cc(C)cc(C(=O)N2CCN(c3ccc(-n4ccnc4C)nn3)CC2)c1. The Morgan fingerprint density at radius 1 is 0.893 bits per heavy atom. The molecule has 1 fully saturated rings. The molecule has 144 valence electrons. The zero-order valence-electron chi connectivity index (χ0n) is 16.5. The maximum Gasteiger partial charge on any atom is 0.253 e. The Bertz CT molecular complexity index is 966. The number of aromatic nitrogens is 4. The summed E-state index contributed by atoms with van der Waals surface area (Å²) in [5, 5.41) is 8.70. The fraction of sp³-hybridized carbons (Fsp3) is 0.333. The van der Waals surface area contributed by atoms with Gasteiger partial charge in [-0.3, -0.25) is 9.36 Å². The van der Waals surface area contributed by atoms with Crippen LogP contribution in [0.5, 0.6) is 0 Å². The summed E-state index contributed by atoms with van der Waals surface area (Å²) < 4.78 is 1.90. The average molecular weight is 376 g/mol. The molecule has 1 amide bonds. The normalized spacial score (nSPS) is 14.4. The molecule has 0 atom stereocenters. The van der Waals surface area contributed by atoms with Gasteiger partial charge in [0.05, 0.1) is 0 Å². The first-order valence-corrected chi connectivity index (χ1v) is 9.48. The number of carbonyl (C=O) groups excluding carboxylic acids is 1. The first-order chi connectivity index (χ1) is 13.5. The number of amides is 1. The van der Waals surface area contributed by atoms with E-state index in [0.717, 1.165) is 47.2 Å². The second-order valence-corrected chi connectivity index (χ2v) is 7.25. The number of nitrogens with zero attached hydrogens (tertiary/aromatic N) is 6. The molecule has 0 aliphatic carbocycles. The second kappa shape index (κ2) is 7.42. The third-order valence-electron chi connectivity index (χ3n) is 5.07. The number of imidazole rings is 1. The second-order valence-electron chi connectivity index (χ2n) is 7.25. The molecule has 2 aromatic heterocycles. The zero-order valence-corrected chi connectivity index (χ0v) is 16.5. The van der Waals surface area contributed by atoms with Gasteiger partial charge in [-0.1, -0.05) is 17.2 Å². The predicted molar refractivity (Wildman–Crippen MR) is 108 cm³/mol. The average Bonchev–Trinajstić information content (AvgIpc) is 3.13. The van der Waals surface area contributed by atoms with Gasteiger partial charge in [0.2, 0.25) is 0 Å². The van der Waals surface area contributed by atoms with Crippen LogP contribution in [0.25, 0.3) is 5.82 Å². The minimum Gasteiger partial charge on any atom is -0.352 e. The largest absolute Gasteiger partial charge is 0.352 e. The maximum atomic E-state index is 12.8. The monoisotopic (exact) mass is 376 g/mol. The lowest BCUT2D eigenvalue weighted by Gasteiger charge is -2.35. The van der Waals surface area contributed by atoms with Crippen molar-refractivity contribution in [3.8, 4) is 5.82 Å². The van der Waals surface area contributed by atoms with Gasteiger partial charge in [0.1, 0.15) is 5.82 Å². The molecule has 1 aliphatic rings. The number of carbonyl (C=O) groups is 1. The Labute approximate surface area is 164 Å². The van der Waals surface area contributed by atoms with Gasteiger partial charge >= 0.3 is 0 Å². The molecule has 0 unspecified atom stereocenters. The molecule has 7 nitrogen and oxygen atoms in total. The summed E-state index contributed by atoms with van der Waals surface area (Å²) in [6, 6.07) is 9.93. The molecule has 3 aromatic rings. The summed E-state index contributed by atoms with van der Waals surface area (Å²) in [7, 11) is 0. The molecule has 0 N–H and O–H groups in total. The van der Waals surface area contributed by atoms with Crippen LogP contribution in [0, 0.1) is 20.8 Å². The smallest absolute Gasteiger partial charge is 0.253 e. The molecule has 28 heavy (non-hydrogen) atoms. The minimum atomic E-state index is 0.100. The number of benzene rings is 1. The molecule has 1 aromatic carbocycles. The maximum absolute atomic E-state index is 12.8. The predicted octanol–water partition coefficient (Wildman–Crippen LogP) is 2.55. The number of hydrogen-bond donors (Lipinski definition) is 0. The van der Waals surface area contributed by atoms with Gasteiger partial charge in [0, 0.05) is 44.1 Å². The van der Waals surface area contributed by atoms with Crippen LogP contribution in [0.2, 0.25) is 0 Å². The summed E-state index contributed by atoms with van der Waals surface area (Å²) >= 11 is 0. The van der Waals surface area contributed by atoms with E-state index in [1.165, 1.54) is 0 Å². The van der Waals surface area contributed by atoms with Crippen molar-refractivity contribution >= 4 is 11.7 Å². The van der Waals surface area contributed by atoms with E-state index in [-0.39, 0.29) is 5.91 Å². The number of piperazine rings is 1. The van der Waals surface area contributed by atoms with Crippen molar-refractivity contribution in [2.24, 2.45) is 0 Å². The van der Waals surface area contributed by atoms with Crippen LogP contribution >= 0.6 is 0 Å². The molecule has 1 saturated heterocycles. The zero-order chi connectivity index (χ0) is 19.7. The van der Waals surface area contributed by atoms with Crippen LogP contribution in [0.1, 0.15) is 27.3 Å². The highest BCUT2D eigenvalue weighted by atomic mass is 16.2. The minimum absolute atomic E-state index is 0.100. The van der Waals surface area contributed by atoms with E-state index in [1.807, 2.05) is 60.7 Å². The molecule has 0 spiro atoms. The molecule has 4 rings (SSSR count). The van der Waals surface area contributed by atoms with E-state index in [4.69, 9.17) is 0 Å². The Kier molecular flexibility index (Phi) is 4.81. The highest BCUT2D eigenvalue weighted by molar-refractivity contribution is 5.94. The quantitative estimate of drug-likeness (QED) is 0.703. The highest BCUT2D eigenvalue weighted by Gasteiger charge is 2.23. The Morgan fingerprint density at radius 3 is 2.11 bits per heavy atom. The Morgan fingerprint density at radius 2 is 1.54 bits per heavy atom. The van der Waals surface area contributed by atoms with Crippen LogP contribution in [-0.4, -0.2) is 56.7 Å². The van der Waals surface area contributed by atoms with E-state index in [9.17, 15) is 4.79 Å². The topological polar surface area (TPSA) is 67.2 Å². The summed E-state index contributed by atoms with van der Waals surface area (Å²) in [5.74, 6) is 2.56. The molecule has 1 aliphatic heterocycles. The van der Waals surface area contributed by atoms with Crippen LogP contribution in [-0.2, 0) is 0 Å². The Hall–Kier alpha value is -3.22. The summed E-state index contributed by atoms with van der Waals surface area (Å²) in [5.41, 5.74) is 3.00. The summed E-state index contributed by atoms with van der Waals surface area (Å²) in [6.45, 7) is 8.82. The molecule has 7 heteroatoms. The van der Waals surface area contributed by atoms with E-state index in [2.05, 4.69) is 26.1 Å². The number of aryl methyl sites for hydroxylation is 3. The summed E-state index contributed by atoms with van der Waals surface area (Å²) in [6.07, 6.45) is 3.62. The van der Waals surface area contributed by atoms with Crippen LogP contribution in [0.4, 0.5) is 5.82 Å². The van der Waals surface area contributed by atoms with Crippen molar-refractivity contribution in [3.63, 3.8) is 0 Å². The summed E-state index contributed by atoms with van der Waals surface area (Å²) in [4.78, 5) is 21.1. The highest BCUT2D eigenvalue weighted by Crippen LogP contribution is 2.17. The number of rotatable bonds is 3. The van der Waals surface area contributed by atoms with E-state index in [0.29, 0.717) is 13.1 Å². The van der Waals surface area contributed by atoms with Crippen LogP contribution in [0.3, 0.4) is 0 Å². The molecular weight excluding hydrogens is 352 g/mol. The molecule has 0 radical (unpaired) electrons. The molecule has 0 bridgehead atoms. The molecular formula is C21H24N6O. The van der Waals surface area contributed by atoms with Gasteiger partial charge in [-0.05, 0) is 45.0 Å². The van der Waals surface area contributed by atoms with Gasteiger partial charge in [-0.15, -0.1) is 10.2 Å². The van der Waals surface area contributed by atoms with Gasteiger partial charge in [0.25, 0.3) is 5.91 Å². The fourth-order valence-electron chi connectivity index (χ4n) is 3.65. The van der Waals surface area contributed by atoms with Gasteiger partial charge in [-0.2, -0.15) is 0 Å². The van der Waals surface area contributed by atoms with Gasteiger partial charge in [-0.25, -0.2) is 4.98 Å². The molecule has 0 saturated carbocycles. The lowest BCUT2D eigenvalue weighted by Crippen LogP contribution is -2.49. The third-order valence-corrected chi connectivity index (χ3v) is 5.07. The first-order valence-electron chi connectivity index (χ1n) is 9.48. The lowest BCUT2D eigenvalue weighted by molar-refractivity contribution is 0.0746. The fourth-order valence-corrected chi connectivity index (χ4v) is 3.65. The van der Waals surface area contributed by atoms with Crippen molar-refractivity contribution in [1.82, 2.24) is 24.6 Å². The third kappa shape index (κ3) is 3.60. The van der Waals surface area contributed by atoms with Gasteiger partial charge in [0.15, 0.2) is 11.6 Å². The van der Waals surface area contributed by atoms with Crippen LogP contribution in [0.15, 0.2) is 42.7 Å². The van der Waals surface area contributed by atoms with E-state index >= 15 is 0 Å². The van der Waals surface area contributed by atoms with Crippen molar-refractivity contribution in [2.75, 3.05) is 31.1 Å². The van der Waals surface area contributed by atoms with Crippen molar-refractivity contribution in [1.29, 1.82) is 0 Å². The van der Waals surface area contributed by atoms with Gasteiger partial charge < -0.3 is 9.80 Å². The standard InChI is InChI=1S/C21H24N6O/c1-15-12-16(2)14-18(13-15)21(28)26-10-8-25(9-11-26)19-4-5-20(24-23-19)27-7-6-22-17(27)3/h4-7,12-14H,8-11H2,1-3H3. The first kappa shape index (κ1) is 18.2. The van der Waals surface area contributed by atoms with Crippen molar-refractivity contribution in [3.05, 3.63) is 65.2 Å². The van der Waals surface area contributed by atoms with Crippen molar-refractivity contribution < 1.29 is 4.79 Å². The van der Waals surface area contributed by atoms with E-state index in [1.54, 1.807) is 6.20 Å². The van der Waals surface area contributed by atoms with Crippen molar-refractivity contribution in [2.45, 2.75) is 20.8 Å². The number of anilines is 1. The van der Waals surface area contributed by atoms with Crippen LogP contribution < -0.4 is 4.90 Å². The Balaban J connectivity index is 1.41.